The van der Waals surface area contributed by atoms with E-state index in [9.17, 15) is 19.7 Å². The number of carboxylic acid groups (broad SMARTS) is 1. The van der Waals surface area contributed by atoms with Crippen molar-refractivity contribution in [3.8, 4) is 11.5 Å². The number of nitrogens with one attached hydrogen (secondary N) is 1. The van der Waals surface area contributed by atoms with Crippen LogP contribution in [0.5, 0.6) is 11.5 Å². The Bertz CT molecular complexity index is 881. The first-order valence-electron chi connectivity index (χ1n) is 8.78. The van der Waals surface area contributed by atoms with Crippen molar-refractivity contribution < 1.29 is 29.1 Å². The van der Waals surface area contributed by atoms with E-state index in [1.807, 2.05) is 0 Å². The van der Waals surface area contributed by atoms with Gasteiger partial charge in [-0.2, -0.15) is 0 Å². The fraction of sp³-hybridized carbons (Fsp3) is 0.300. The summed E-state index contributed by atoms with van der Waals surface area (Å²) in [6.07, 6.45) is -0.0694. The van der Waals surface area contributed by atoms with Crippen LogP contribution in [0.1, 0.15) is 17.5 Å². The number of methoxy groups -OCH3 is 2. The molecule has 0 fully saturated rings. The van der Waals surface area contributed by atoms with Crippen LogP contribution in [0.15, 0.2) is 42.5 Å². The van der Waals surface area contributed by atoms with Crippen LogP contribution >= 0.6 is 0 Å². The summed E-state index contributed by atoms with van der Waals surface area (Å²) in [5, 5.41) is 22.6. The zero-order valence-corrected chi connectivity index (χ0v) is 16.1. The average molecular weight is 402 g/mol. The number of hydrogen-bond donors (Lipinski definition) is 2. The van der Waals surface area contributed by atoms with Crippen molar-refractivity contribution in [2.45, 2.75) is 25.3 Å². The molecule has 0 heterocycles. The lowest BCUT2D eigenvalue weighted by molar-refractivity contribution is -0.384. The van der Waals surface area contributed by atoms with Gasteiger partial charge in [0.25, 0.3) is 5.69 Å². The third kappa shape index (κ3) is 6.20. The van der Waals surface area contributed by atoms with Gasteiger partial charge in [0.2, 0.25) is 5.91 Å². The Kier molecular flexibility index (Phi) is 7.53. The Morgan fingerprint density at radius 2 is 1.83 bits per heavy atom. The SMILES string of the molecule is COc1cccc(CC(=O)N[C@H](CC(=O)O)Cc2ccc([N+](=O)[O-])cc2)c1OC. The third-order valence-electron chi connectivity index (χ3n) is 4.25. The molecular formula is C20H22N2O7. The number of rotatable bonds is 10. The zero-order chi connectivity index (χ0) is 21.4. The molecule has 0 aliphatic heterocycles. The fourth-order valence-corrected chi connectivity index (χ4v) is 2.97. The number of carboxylic acids is 1. The quantitative estimate of drug-likeness (QED) is 0.461. The van der Waals surface area contributed by atoms with E-state index < -0.39 is 16.9 Å². The maximum absolute atomic E-state index is 12.5. The van der Waals surface area contributed by atoms with Gasteiger partial charge in [0, 0.05) is 23.7 Å². The minimum atomic E-state index is -1.06. The topological polar surface area (TPSA) is 128 Å². The van der Waals surface area contributed by atoms with Gasteiger partial charge in [-0.15, -0.1) is 0 Å². The molecule has 0 unspecified atom stereocenters. The monoisotopic (exact) mass is 402 g/mol. The number of nitrogens with zero attached hydrogens (tertiary/aromatic N) is 1. The van der Waals surface area contributed by atoms with Gasteiger partial charge in [-0.3, -0.25) is 19.7 Å². The highest BCUT2D eigenvalue weighted by atomic mass is 16.6. The number of amides is 1. The lowest BCUT2D eigenvalue weighted by Crippen LogP contribution is -2.39. The van der Waals surface area contributed by atoms with Crippen LogP contribution in [-0.2, 0) is 22.4 Å². The number of non-ortho nitro benzene ring substituents is 1. The highest BCUT2D eigenvalue weighted by Gasteiger charge is 2.19. The standard InChI is InChI=1S/C20H22N2O7/c1-28-17-5-3-4-14(20(17)29-2)11-18(23)21-15(12-19(24)25)10-13-6-8-16(9-7-13)22(26)27/h3-9,15H,10-12H2,1-2H3,(H,21,23)(H,24,25)/t15-/m0/s1. The number of aliphatic carboxylic acids is 1. The van der Waals surface area contributed by atoms with E-state index in [4.69, 9.17) is 14.6 Å². The van der Waals surface area contributed by atoms with E-state index in [1.165, 1.54) is 26.4 Å². The number of nitro groups is 1. The number of ether oxygens (including phenoxy) is 2. The fourth-order valence-electron chi connectivity index (χ4n) is 2.97. The maximum atomic E-state index is 12.5. The van der Waals surface area contributed by atoms with Gasteiger partial charge in [0.15, 0.2) is 11.5 Å². The van der Waals surface area contributed by atoms with E-state index in [1.54, 1.807) is 30.3 Å². The van der Waals surface area contributed by atoms with Crippen molar-refractivity contribution >= 4 is 17.6 Å². The van der Waals surface area contributed by atoms with Crippen molar-refractivity contribution in [1.29, 1.82) is 0 Å². The summed E-state index contributed by atoms with van der Waals surface area (Å²) < 4.78 is 10.5. The van der Waals surface area contributed by atoms with Crippen molar-refractivity contribution in [3.63, 3.8) is 0 Å². The Morgan fingerprint density at radius 1 is 1.14 bits per heavy atom. The van der Waals surface area contributed by atoms with Crippen molar-refractivity contribution in [2.24, 2.45) is 0 Å². The summed E-state index contributed by atoms with van der Waals surface area (Å²) in [5.74, 6) is -0.498. The molecule has 154 valence electrons. The van der Waals surface area contributed by atoms with Crippen molar-refractivity contribution in [3.05, 3.63) is 63.7 Å². The van der Waals surface area contributed by atoms with Gasteiger partial charge >= 0.3 is 5.97 Å². The smallest absolute Gasteiger partial charge is 0.305 e. The highest BCUT2D eigenvalue weighted by molar-refractivity contribution is 5.80. The first-order valence-corrected chi connectivity index (χ1v) is 8.78. The highest BCUT2D eigenvalue weighted by Crippen LogP contribution is 2.30. The Balaban J connectivity index is 2.10. The second kappa shape index (κ2) is 10.1. The van der Waals surface area contributed by atoms with E-state index in [0.29, 0.717) is 22.6 Å². The third-order valence-corrected chi connectivity index (χ3v) is 4.25. The number of nitro benzene ring substituents is 1. The summed E-state index contributed by atoms with van der Waals surface area (Å²) in [6.45, 7) is 0. The van der Waals surface area contributed by atoms with E-state index in [2.05, 4.69) is 5.32 Å². The molecule has 9 nitrogen and oxygen atoms in total. The molecule has 0 aromatic heterocycles. The van der Waals surface area contributed by atoms with E-state index >= 15 is 0 Å². The Hall–Kier alpha value is -3.62. The minimum absolute atomic E-state index is 0.0171. The molecule has 0 bridgehead atoms. The molecule has 2 aromatic rings. The van der Waals surface area contributed by atoms with E-state index in [0.717, 1.165) is 0 Å². The molecule has 0 aliphatic carbocycles. The summed E-state index contributed by atoms with van der Waals surface area (Å²) in [7, 11) is 2.97. The van der Waals surface area contributed by atoms with Gasteiger partial charge in [0.05, 0.1) is 32.0 Å². The van der Waals surface area contributed by atoms with Crippen LogP contribution in [0.3, 0.4) is 0 Å². The molecule has 1 atom stereocenters. The van der Waals surface area contributed by atoms with Crippen LogP contribution in [0, 0.1) is 10.1 Å². The van der Waals surface area contributed by atoms with Gasteiger partial charge < -0.3 is 19.9 Å². The maximum Gasteiger partial charge on any atom is 0.305 e. The summed E-state index contributed by atoms with van der Waals surface area (Å²) in [6, 6.07) is 10.3. The molecule has 29 heavy (non-hydrogen) atoms. The molecule has 0 spiro atoms. The van der Waals surface area contributed by atoms with Gasteiger partial charge in [0.1, 0.15) is 0 Å². The van der Waals surface area contributed by atoms with Crippen LogP contribution in [0.4, 0.5) is 5.69 Å². The number of benzene rings is 2. The summed E-state index contributed by atoms with van der Waals surface area (Å²) in [4.78, 5) is 33.9. The largest absolute Gasteiger partial charge is 0.493 e. The molecule has 0 radical (unpaired) electrons. The lowest BCUT2D eigenvalue weighted by Gasteiger charge is -2.18. The number of carbonyl (C=O) groups excluding carboxylic acids is 1. The molecule has 2 N–H and O–H groups in total. The van der Waals surface area contributed by atoms with Gasteiger partial charge in [-0.05, 0) is 18.1 Å². The second-order valence-corrected chi connectivity index (χ2v) is 6.32. The molecule has 0 saturated carbocycles. The van der Waals surface area contributed by atoms with Crippen molar-refractivity contribution in [1.82, 2.24) is 5.32 Å². The lowest BCUT2D eigenvalue weighted by atomic mass is 10.0. The molecule has 1 amide bonds. The van der Waals surface area contributed by atoms with Crippen molar-refractivity contribution in [2.75, 3.05) is 14.2 Å². The zero-order valence-electron chi connectivity index (χ0n) is 16.1. The van der Waals surface area contributed by atoms with Crippen LogP contribution in [0.25, 0.3) is 0 Å². The first-order chi connectivity index (χ1) is 13.8. The van der Waals surface area contributed by atoms with Crippen LogP contribution in [-0.4, -0.2) is 42.2 Å². The number of para-hydroxylation sites is 1. The molecule has 0 aliphatic rings. The first kappa shape index (κ1) is 21.7. The van der Waals surface area contributed by atoms with Gasteiger partial charge in [-0.25, -0.2) is 0 Å². The molecule has 9 heteroatoms. The summed E-state index contributed by atoms with van der Waals surface area (Å²) in [5.41, 5.74) is 1.23. The predicted molar refractivity (Wildman–Crippen MR) is 104 cm³/mol. The molecule has 2 rings (SSSR count). The normalized spacial score (nSPS) is 11.4. The number of carbonyl (C=O) groups is 2. The second-order valence-electron chi connectivity index (χ2n) is 6.32. The predicted octanol–water partition coefficient (Wildman–Crippen LogP) is 2.36. The molecule has 2 aromatic carbocycles. The molecular weight excluding hydrogens is 380 g/mol. The Labute approximate surface area is 167 Å². The van der Waals surface area contributed by atoms with Crippen LogP contribution < -0.4 is 14.8 Å². The van der Waals surface area contributed by atoms with Gasteiger partial charge in [-0.1, -0.05) is 24.3 Å². The Morgan fingerprint density at radius 3 is 2.38 bits per heavy atom. The minimum Gasteiger partial charge on any atom is -0.493 e. The van der Waals surface area contributed by atoms with Crippen LogP contribution in [0.2, 0.25) is 0 Å². The summed E-state index contributed by atoms with van der Waals surface area (Å²) >= 11 is 0. The number of hydrogen-bond acceptors (Lipinski definition) is 6. The van der Waals surface area contributed by atoms with E-state index in [-0.39, 0.29) is 30.9 Å². The average Bonchev–Trinajstić information content (AvgIpc) is 2.67. The molecule has 0 saturated heterocycles.